The number of carbonyl (C=O) groups excluding carboxylic acids is 1. The zero-order valence-electron chi connectivity index (χ0n) is 13.4. The number of anilines is 1. The molecule has 7 heteroatoms. The number of carbonyl (C=O) groups is 1. The first-order chi connectivity index (χ1) is 11.9. The lowest BCUT2D eigenvalue weighted by Crippen LogP contribution is -2.41. The molecule has 0 unspecified atom stereocenters. The highest BCUT2D eigenvalue weighted by Crippen LogP contribution is 2.27. The van der Waals surface area contributed by atoms with Crippen molar-refractivity contribution < 1.29 is 17.9 Å². The number of nitrogens with zero attached hydrogens (tertiary/aromatic N) is 1. The summed E-state index contributed by atoms with van der Waals surface area (Å²) < 4.78 is 28.8. The van der Waals surface area contributed by atoms with Crippen LogP contribution in [0, 0.1) is 0 Å². The Kier molecular flexibility index (Phi) is 4.83. The van der Waals surface area contributed by atoms with E-state index in [0.717, 1.165) is 5.41 Å². The maximum atomic E-state index is 13.1. The molecule has 0 saturated carbocycles. The minimum absolute atomic E-state index is 0.147. The van der Waals surface area contributed by atoms with Gasteiger partial charge in [-0.15, -0.1) is 0 Å². The molecule has 1 heterocycles. The van der Waals surface area contributed by atoms with E-state index in [9.17, 15) is 13.2 Å². The minimum Gasteiger partial charge on any atom is -0.497 e. The number of benzene rings is 2. The Labute approximate surface area is 151 Å². The quantitative estimate of drug-likeness (QED) is 0.820. The molecule has 0 saturated heterocycles. The van der Waals surface area contributed by atoms with Crippen molar-refractivity contribution >= 4 is 33.0 Å². The second-order valence-electron chi connectivity index (χ2n) is 5.61. The second-order valence-corrected chi connectivity index (χ2v) is 7.98. The number of methoxy groups -OCH3 is 1. The maximum absolute atomic E-state index is 13.1. The van der Waals surface area contributed by atoms with Crippen molar-refractivity contribution in [2.75, 3.05) is 17.8 Å². The molecule has 0 fully saturated rings. The van der Waals surface area contributed by atoms with Gasteiger partial charge in [0.25, 0.3) is 5.91 Å². The lowest BCUT2D eigenvalue weighted by molar-refractivity contribution is 0.0983. The number of hydrogen-bond acceptors (Lipinski definition) is 4. The number of rotatable bonds is 4. The Morgan fingerprint density at radius 3 is 2.52 bits per heavy atom. The van der Waals surface area contributed by atoms with Crippen molar-refractivity contribution in [1.29, 1.82) is 0 Å². The Hall–Kier alpha value is -2.31. The first-order valence-corrected chi connectivity index (χ1v) is 9.63. The molecule has 1 amide bonds. The van der Waals surface area contributed by atoms with Crippen LogP contribution in [-0.2, 0) is 9.84 Å². The van der Waals surface area contributed by atoms with Crippen LogP contribution in [0.3, 0.4) is 0 Å². The number of hydrogen-bond donors (Lipinski definition) is 0. The normalized spacial score (nSPS) is 18.1. The van der Waals surface area contributed by atoms with Crippen molar-refractivity contribution in [1.82, 2.24) is 0 Å². The van der Waals surface area contributed by atoms with Crippen LogP contribution in [0.25, 0.3) is 0 Å². The van der Waals surface area contributed by atoms with E-state index in [1.807, 2.05) is 0 Å². The number of halogens is 1. The van der Waals surface area contributed by atoms with Gasteiger partial charge in [0.05, 0.1) is 18.9 Å². The third-order valence-corrected chi connectivity index (χ3v) is 5.51. The molecule has 1 aliphatic rings. The van der Waals surface area contributed by atoms with Crippen LogP contribution in [0.5, 0.6) is 5.75 Å². The molecule has 1 atom stereocenters. The summed E-state index contributed by atoms with van der Waals surface area (Å²) in [6, 6.07) is 12.9. The fourth-order valence-electron chi connectivity index (χ4n) is 2.68. The summed E-state index contributed by atoms with van der Waals surface area (Å²) in [6.07, 6.45) is 1.53. The molecule has 2 aromatic rings. The summed E-state index contributed by atoms with van der Waals surface area (Å²) >= 11 is 5.93. The fraction of sp³-hybridized carbons (Fsp3) is 0.167. The van der Waals surface area contributed by atoms with E-state index in [2.05, 4.69) is 0 Å². The van der Waals surface area contributed by atoms with Crippen molar-refractivity contribution in [2.45, 2.75) is 6.04 Å². The number of sulfone groups is 1. The van der Waals surface area contributed by atoms with Crippen molar-refractivity contribution in [3.05, 3.63) is 70.6 Å². The summed E-state index contributed by atoms with van der Waals surface area (Å²) in [6.45, 7) is 0. The van der Waals surface area contributed by atoms with Gasteiger partial charge in [0, 0.05) is 21.7 Å². The predicted octanol–water partition coefficient (Wildman–Crippen LogP) is 3.31. The first kappa shape index (κ1) is 17.5. The Morgan fingerprint density at radius 1 is 1.20 bits per heavy atom. The Bertz CT molecular complexity index is 922. The van der Waals surface area contributed by atoms with E-state index in [4.69, 9.17) is 16.3 Å². The van der Waals surface area contributed by atoms with Crippen LogP contribution < -0.4 is 9.64 Å². The van der Waals surface area contributed by atoms with Gasteiger partial charge in [0.2, 0.25) is 0 Å². The van der Waals surface area contributed by atoms with E-state index in [-0.39, 0.29) is 11.7 Å². The highest BCUT2D eigenvalue weighted by Gasteiger charge is 2.32. The van der Waals surface area contributed by atoms with Crippen LogP contribution in [0.4, 0.5) is 5.69 Å². The number of ether oxygens (including phenoxy) is 1. The molecule has 3 rings (SSSR count). The molecule has 0 bridgehead atoms. The maximum Gasteiger partial charge on any atom is 0.258 e. The smallest absolute Gasteiger partial charge is 0.258 e. The van der Waals surface area contributed by atoms with Crippen molar-refractivity contribution in [3.63, 3.8) is 0 Å². The van der Waals surface area contributed by atoms with E-state index in [1.165, 1.54) is 18.1 Å². The van der Waals surface area contributed by atoms with Gasteiger partial charge in [-0.2, -0.15) is 0 Å². The molecule has 2 aromatic carbocycles. The van der Waals surface area contributed by atoms with Gasteiger partial charge in [-0.1, -0.05) is 17.7 Å². The van der Waals surface area contributed by atoms with E-state index in [0.29, 0.717) is 22.0 Å². The van der Waals surface area contributed by atoms with Crippen LogP contribution in [0.2, 0.25) is 5.02 Å². The minimum atomic E-state index is -3.31. The molecule has 0 N–H and O–H groups in total. The molecular weight excluding hydrogens is 362 g/mol. The molecule has 5 nitrogen and oxygen atoms in total. The SMILES string of the molecule is COc1cccc(C(=O)N(c2ccc(Cl)cc2)[C@H]2C=CS(=O)(=O)C2)c1. The van der Waals surface area contributed by atoms with Gasteiger partial charge < -0.3 is 9.64 Å². The molecule has 0 spiro atoms. The molecule has 1 aliphatic heterocycles. The molecule has 0 aliphatic carbocycles. The van der Waals surface area contributed by atoms with Crippen LogP contribution >= 0.6 is 11.6 Å². The van der Waals surface area contributed by atoms with Crippen LogP contribution in [0.15, 0.2) is 60.0 Å². The summed E-state index contributed by atoms with van der Waals surface area (Å²) in [7, 11) is -1.79. The van der Waals surface area contributed by atoms with Gasteiger partial charge in [-0.05, 0) is 48.5 Å². The van der Waals surface area contributed by atoms with Crippen LogP contribution in [0.1, 0.15) is 10.4 Å². The first-order valence-electron chi connectivity index (χ1n) is 7.54. The monoisotopic (exact) mass is 377 g/mol. The summed E-state index contributed by atoms with van der Waals surface area (Å²) in [4.78, 5) is 14.6. The largest absolute Gasteiger partial charge is 0.497 e. The van der Waals surface area contributed by atoms with Gasteiger partial charge in [0.15, 0.2) is 9.84 Å². The van der Waals surface area contributed by atoms with E-state index in [1.54, 1.807) is 48.5 Å². The zero-order valence-corrected chi connectivity index (χ0v) is 15.0. The van der Waals surface area contributed by atoms with Gasteiger partial charge >= 0.3 is 0 Å². The van der Waals surface area contributed by atoms with Crippen LogP contribution in [-0.4, -0.2) is 33.2 Å². The third-order valence-electron chi connectivity index (χ3n) is 3.88. The topological polar surface area (TPSA) is 63.7 Å². The average molecular weight is 378 g/mol. The molecule has 0 radical (unpaired) electrons. The Morgan fingerprint density at radius 2 is 1.92 bits per heavy atom. The number of amides is 1. The lowest BCUT2D eigenvalue weighted by atomic mass is 10.1. The van der Waals surface area contributed by atoms with E-state index < -0.39 is 15.9 Å². The average Bonchev–Trinajstić information content (AvgIpc) is 2.96. The lowest BCUT2D eigenvalue weighted by Gasteiger charge is -2.28. The zero-order chi connectivity index (χ0) is 18.0. The third kappa shape index (κ3) is 3.86. The Balaban J connectivity index is 2.02. The summed E-state index contributed by atoms with van der Waals surface area (Å²) in [5.74, 6) is 0.0928. The fourth-order valence-corrected chi connectivity index (χ4v) is 4.07. The van der Waals surface area contributed by atoms with Crippen molar-refractivity contribution in [3.8, 4) is 5.75 Å². The van der Waals surface area contributed by atoms with E-state index >= 15 is 0 Å². The molecule has 25 heavy (non-hydrogen) atoms. The molecular formula is C18H16ClNO4S. The molecule has 130 valence electrons. The standard InChI is InChI=1S/C18H16ClNO4S/c1-24-17-4-2-3-13(11-17)18(21)20(15-7-5-14(19)6-8-15)16-9-10-25(22,23)12-16/h2-11,16H,12H2,1H3/t16-/m0/s1. The summed E-state index contributed by atoms with van der Waals surface area (Å²) in [5, 5.41) is 1.69. The second kappa shape index (κ2) is 6.90. The van der Waals surface area contributed by atoms with Gasteiger partial charge in [0.1, 0.15) is 5.75 Å². The summed E-state index contributed by atoms with van der Waals surface area (Å²) in [5.41, 5.74) is 0.982. The highest BCUT2D eigenvalue weighted by atomic mass is 35.5. The van der Waals surface area contributed by atoms with Gasteiger partial charge in [-0.25, -0.2) is 8.42 Å². The molecule has 0 aromatic heterocycles. The van der Waals surface area contributed by atoms with Crippen molar-refractivity contribution in [2.24, 2.45) is 0 Å². The van der Waals surface area contributed by atoms with Gasteiger partial charge in [-0.3, -0.25) is 4.79 Å². The predicted molar refractivity (Wildman–Crippen MR) is 98.0 cm³/mol. The highest BCUT2D eigenvalue weighted by molar-refractivity contribution is 7.94.